The molecule has 1 aromatic carbocycles. The summed E-state index contributed by atoms with van der Waals surface area (Å²) in [5.74, 6) is 2.83. The van der Waals surface area contributed by atoms with E-state index in [0.717, 1.165) is 24.3 Å². The van der Waals surface area contributed by atoms with Gasteiger partial charge in [0.1, 0.15) is 0 Å². The number of hydrogen-bond acceptors (Lipinski definition) is 3. The first-order valence-electron chi connectivity index (χ1n) is 7.52. The highest BCUT2D eigenvalue weighted by Crippen LogP contribution is 2.55. The monoisotopic (exact) mass is 286 g/mol. The van der Waals surface area contributed by atoms with Crippen LogP contribution in [-0.2, 0) is 4.79 Å². The number of carbonyl (C=O) groups is 1. The third-order valence-electron chi connectivity index (χ3n) is 5.10. The lowest BCUT2D eigenvalue weighted by Crippen LogP contribution is -2.19. The summed E-state index contributed by atoms with van der Waals surface area (Å²) in [7, 11) is 0. The number of aliphatic carboxylic acids is 1. The molecule has 4 heteroatoms. The van der Waals surface area contributed by atoms with E-state index in [2.05, 4.69) is 24.3 Å². The SMILES string of the molecule is O=C(O)CCC1C2C=CC(C2)C1c1ccc2c(c1)OCO2. The highest BCUT2D eigenvalue weighted by atomic mass is 16.7. The van der Waals surface area contributed by atoms with Crippen LogP contribution in [0.3, 0.4) is 0 Å². The van der Waals surface area contributed by atoms with Gasteiger partial charge in [0.15, 0.2) is 11.5 Å². The smallest absolute Gasteiger partial charge is 0.303 e. The Morgan fingerprint density at radius 3 is 2.86 bits per heavy atom. The van der Waals surface area contributed by atoms with Crippen molar-refractivity contribution in [2.45, 2.75) is 25.2 Å². The lowest BCUT2D eigenvalue weighted by atomic mass is 9.76. The lowest BCUT2D eigenvalue weighted by molar-refractivity contribution is -0.137. The molecule has 4 atom stereocenters. The minimum Gasteiger partial charge on any atom is -0.481 e. The molecule has 0 aromatic heterocycles. The Balaban J connectivity index is 1.62. The van der Waals surface area contributed by atoms with Crippen LogP contribution in [0.5, 0.6) is 11.5 Å². The van der Waals surface area contributed by atoms with E-state index in [4.69, 9.17) is 14.6 Å². The van der Waals surface area contributed by atoms with Crippen LogP contribution < -0.4 is 9.47 Å². The van der Waals surface area contributed by atoms with E-state index in [1.165, 1.54) is 5.56 Å². The molecule has 3 aliphatic rings. The molecule has 0 saturated heterocycles. The van der Waals surface area contributed by atoms with Gasteiger partial charge in [-0.2, -0.15) is 0 Å². The number of rotatable bonds is 4. The highest BCUT2D eigenvalue weighted by molar-refractivity contribution is 5.66. The van der Waals surface area contributed by atoms with Crippen LogP contribution in [0.1, 0.15) is 30.7 Å². The van der Waals surface area contributed by atoms with Crippen LogP contribution in [0.25, 0.3) is 0 Å². The number of allylic oxidation sites excluding steroid dienone is 2. The van der Waals surface area contributed by atoms with Gasteiger partial charge in [-0.15, -0.1) is 0 Å². The summed E-state index contributed by atoms with van der Waals surface area (Å²) in [5, 5.41) is 8.97. The van der Waals surface area contributed by atoms with Gasteiger partial charge in [0.05, 0.1) is 0 Å². The number of fused-ring (bicyclic) bond motifs is 3. The van der Waals surface area contributed by atoms with Gasteiger partial charge in [0.25, 0.3) is 0 Å². The van der Waals surface area contributed by atoms with Crippen LogP contribution in [0, 0.1) is 17.8 Å². The zero-order valence-electron chi connectivity index (χ0n) is 11.7. The summed E-state index contributed by atoms with van der Waals surface area (Å²) >= 11 is 0. The predicted octanol–water partition coefficient (Wildman–Crippen LogP) is 3.19. The van der Waals surface area contributed by atoms with E-state index in [-0.39, 0.29) is 13.2 Å². The van der Waals surface area contributed by atoms with E-state index in [1.807, 2.05) is 6.07 Å². The highest BCUT2D eigenvalue weighted by Gasteiger charge is 2.45. The molecule has 1 aromatic rings. The molecular weight excluding hydrogens is 268 g/mol. The summed E-state index contributed by atoms with van der Waals surface area (Å²) in [6.07, 6.45) is 6.74. The van der Waals surface area contributed by atoms with E-state index in [9.17, 15) is 4.79 Å². The fraction of sp³-hybridized carbons (Fsp3) is 0.471. The Kier molecular flexibility index (Phi) is 2.91. The van der Waals surface area contributed by atoms with Gasteiger partial charge in [0, 0.05) is 6.42 Å². The molecule has 1 heterocycles. The number of carboxylic acids is 1. The fourth-order valence-corrected chi connectivity index (χ4v) is 4.22. The Labute approximate surface area is 123 Å². The van der Waals surface area contributed by atoms with Crippen molar-refractivity contribution in [2.75, 3.05) is 6.79 Å². The molecule has 0 spiro atoms. The zero-order chi connectivity index (χ0) is 14.4. The topological polar surface area (TPSA) is 55.8 Å². The van der Waals surface area contributed by atoms with Gasteiger partial charge < -0.3 is 14.6 Å². The first-order chi connectivity index (χ1) is 10.2. The van der Waals surface area contributed by atoms with Crippen LogP contribution >= 0.6 is 0 Å². The Bertz CT molecular complexity index is 607. The molecule has 1 saturated carbocycles. The molecule has 1 N–H and O–H groups in total. The van der Waals surface area contributed by atoms with Crippen molar-refractivity contribution >= 4 is 5.97 Å². The quantitative estimate of drug-likeness (QED) is 0.864. The van der Waals surface area contributed by atoms with Gasteiger partial charge in [-0.1, -0.05) is 18.2 Å². The first kappa shape index (κ1) is 12.7. The Hall–Kier alpha value is -1.97. The molecule has 1 fully saturated rings. The summed E-state index contributed by atoms with van der Waals surface area (Å²) in [5.41, 5.74) is 1.26. The summed E-state index contributed by atoms with van der Waals surface area (Å²) in [6, 6.07) is 6.16. The van der Waals surface area contributed by atoms with E-state index >= 15 is 0 Å². The third kappa shape index (κ3) is 2.09. The second-order valence-electron chi connectivity index (χ2n) is 6.18. The van der Waals surface area contributed by atoms with Crippen molar-refractivity contribution in [3.05, 3.63) is 35.9 Å². The van der Waals surface area contributed by atoms with Crippen molar-refractivity contribution in [3.63, 3.8) is 0 Å². The Morgan fingerprint density at radius 2 is 2.00 bits per heavy atom. The molecule has 21 heavy (non-hydrogen) atoms. The van der Waals surface area contributed by atoms with Crippen molar-refractivity contribution in [1.29, 1.82) is 0 Å². The molecule has 2 bridgehead atoms. The number of benzene rings is 1. The minimum absolute atomic E-state index is 0.253. The maximum Gasteiger partial charge on any atom is 0.303 e. The fourth-order valence-electron chi connectivity index (χ4n) is 4.22. The van der Waals surface area contributed by atoms with Crippen LogP contribution in [-0.4, -0.2) is 17.9 Å². The van der Waals surface area contributed by atoms with Gasteiger partial charge in [-0.25, -0.2) is 0 Å². The van der Waals surface area contributed by atoms with E-state index < -0.39 is 5.97 Å². The molecular formula is C17H18O4. The third-order valence-corrected chi connectivity index (χ3v) is 5.10. The van der Waals surface area contributed by atoms with E-state index in [0.29, 0.717) is 23.7 Å². The molecule has 0 radical (unpaired) electrons. The normalized spacial score (nSPS) is 31.8. The summed E-state index contributed by atoms with van der Waals surface area (Å²) < 4.78 is 10.8. The summed E-state index contributed by atoms with van der Waals surface area (Å²) in [4.78, 5) is 10.9. The largest absolute Gasteiger partial charge is 0.481 e. The number of carboxylic acid groups (broad SMARTS) is 1. The zero-order valence-corrected chi connectivity index (χ0v) is 11.7. The molecule has 110 valence electrons. The van der Waals surface area contributed by atoms with Crippen LogP contribution in [0.2, 0.25) is 0 Å². The second-order valence-corrected chi connectivity index (χ2v) is 6.18. The molecule has 4 nitrogen and oxygen atoms in total. The van der Waals surface area contributed by atoms with Crippen molar-refractivity contribution in [2.24, 2.45) is 17.8 Å². The average molecular weight is 286 g/mol. The molecule has 1 aliphatic heterocycles. The van der Waals surface area contributed by atoms with Gasteiger partial charge >= 0.3 is 5.97 Å². The molecule has 4 rings (SSSR count). The lowest BCUT2D eigenvalue weighted by Gasteiger charge is -2.28. The number of ether oxygens (including phenoxy) is 2. The molecule has 4 unspecified atom stereocenters. The first-order valence-corrected chi connectivity index (χ1v) is 7.52. The van der Waals surface area contributed by atoms with Gasteiger partial charge in [-0.05, 0) is 54.2 Å². The van der Waals surface area contributed by atoms with Crippen LogP contribution in [0.15, 0.2) is 30.4 Å². The molecule has 2 aliphatic carbocycles. The average Bonchev–Trinajstić information content (AvgIpc) is 3.18. The van der Waals surface area contributed by atoms with Crippen molar-refractivity contribution in [1.82, 2.24) is 0 Å². The summed E-state index contributed by atoms with van der Waals surface area (Å²) in [6.45, 7) is 0.290. The van der Waals surface area contributed by atoms with Gasteiger partial charge in [0.2, 0.25) is 6.79 Å². The predicted molar refractivity (Wildman–Crippen MR) is 76.4 cm³/mol. The van der Waals surface area contributed by atoms with Crippen LogP contribution in [0.4, 0.5) is 0 Å². The maximum atomic E-state index is 10.9. The van der Waals surface area contributed by atoms with Crippen molar-refractivity contribution < 1.29 is 19.4 Å². The Morgan fingerprint density at radius 1 is 1.19 bits per heavy atom. The maximum absolute atomic E-state index is 10.9. The standard InChI is InChI=1S/C17H18O4/c18-16(19)6-4-13-10-1-2-11(7-10)17(13)12-3-5-14-15(8-12)21-9-20-14/h1-3,5,8,10-11,13,17H,4,6-7,9H2,(H,18,19). The molecule has 0 amide bonds. The van der Waals surface area contributed by atoms with E-state index in [1.54, 1.807) is 0 Å². The second kappa shape index (κ2) is 4.79. The minimum atomic E-state index is -0.703. The van der Waals surface area contributed by atoms with Crippen molar-refractivity contribution in [3.8, 4) is 11.5 Å². The van der Waals surface area contributed by atoms with Gasteiger partial charge in [-0.3, -0.25) is 4.79 Å². The number of hydrogen-bond donors (Lipinski definition) is 1.